The largest absolute Gasteiger partial charge is 0.461 e. The molecule has 0 unspecified atom stereocenters. The predicted molar refractivity (Wildman–Crippen MR) is 171 cm³/mol. The number of amides is 2. The Labute approximate surface area is 269 Å². The predicted octanol–water partition coefficient (Wildman–Crippen LogP) is 4.97. The van der Waals surface area contributed by atoms with E-state index in [0.29, 0.717) is 6.54 Å². The zero-order valence-corrected chi connectivity index (χ0v) is 26.2. The Morgan fingerprint density at radius 2 is 1.17 bits per heavy atom. The zero-order chi connectivity index (χ0) is 33.0. The summed E-state index contributed by atoms with van der Waals surface area (Å²) in [6.45, 7) is 2.81. The van der Waals surface area contributed by atoms with E-state index in [1.165, 1.54) is 0 Å². The first kappa shape index (κ1) is 35.5. The molecule has 0 heterocycles. The second-order valence-corrected chi connectivity index (χ2v) is 10.7. The molecule has 0 aliphatic carbocycles. The van der Waals surface area contributed by atoms with Crippen LogP contribution < -0.4 is 15.4 Å². The van der Waals surface area contributed by atoms with Gasteiger partial charge < -0.3 is 24.8 Å². The molecule has 0 aromatic heterocycles. The lowest BCUT2D eigenvalue weighted by molar-refractivity contribution is -0.148. The first-order valence-electron chi connectivity index (χ1n) is 15.6. The van der Waals surface area contributed by atoms with Crippen LogP contribution in [0.25, 0.3) is 0 Å². The van der Waals surface area contributed by atoms with Crippen molar-refractivity contribution in [3.63, 3.8) is 0 Å². The molecule has 46 heavy (non-hydrogen) atoms. The van der Waals surface area contributed by atoms with Crippen LogP contribution in [-0.4, -0.2) is 42.3 Å². The molecule has 1 atom stereocenters. The number of rotatable bonds is 19. The van der Waals surface area contributed by atoms with Crippen molar-refractivity contribution in [3.8, 4) is 5.75 Å². The number of ether oxygens (including phenoxy) is 3. The van der Waals surface area contributed by atoms with E-state index in [1.54, 1.807) is 24.3 Å². The standard InChI is InChI=1S/C36H42N2O8/c1-2-3-10-23-37-36(43)31(38-32(39)19-20-33(40)44-25-28-11-6-4-7-12-28)24-27-15-17-30(18-16-27)46-35(42)22-21-34(41)45-26-29-13-8-5-9-14-29/h4-9,11-18,31H,2-3,10,19-26H2,1H3,(H,37,43)(H,38,39)/t31-/m0/s1. The van der Waals surface area contributed by atoms with Crippen molar-refractivity contribution >= 4 is 29.7 Å². The van der Waals surface area contributed by atoms with Gasteiger partial charge in [-0.1, -0.05) is 92.6 Å². The van der Waals surface area contributed by atoms with Gasteiger partial charge >= 0.3 is 17.9 Å². The Balaban J connectivity index is 1.47. The maximum absolute atomic E-state index is 13.0. The number of carbonyl (C=O) groups excluding carboxylic acids is 5. The van der Waals surface area contributed by atoms with Crippen molar-refractivity contribution < 1.29 is 38.2 Å². The highest BCUT2D eigenvalue weighted by Crippen LogP contribution is 2.15. The normalized spacial score (nSPS) is 11.2. The van der Waals surface area contributed by atoms with Gasteiger partial charge in [0.1, 0.15) is 25.0 Å². The van der Waals surface area contributed by atoms with Crippen LogP contribution in [0, 0.1) is 0 Å². The van der Waals surface area contributed by atoms with Gasteiger partial charge in [-0.15, -0.1) is 0 Å². The Morgan fingerprint density at radius 3 is 1.74 bits per heavy atom. The van der Waals surface area contributed by atoms with Gasteiger partial charge in [0.25, 0.3) is 0 Å². The third-order valence-electron chi connectivity index (χ3n) is 6.90. The molecule has 3 aromatic carbocycles. The molecule has 244 valence electrons. The van der Waals surface area contributed by atoms with E-state index in [-0.39, 0.29) is 57.0 Å². The van der Waals surface area contributed by atoms with Gasteiger partial charge in [-0.2, -0.15) is 0 Å². The van der Waals surface area contributed by atoms with Crippen molar-refractivity contribution in [1.82, 2.24) is 10.6 Å². The van der Waals surface area contributed by atoms with Crippen LogP contribution in [0.3, 0.4) is 0 Å². The van der Waals surface area contributed by atoms with Crippen LogP contribution in [0.2, 0.25) is 0 Å². The van der Waals surface area contributed by atoms with E-state index in [4.69, 9.17) is 14.2 Å². The molecule has 0 saturated heterocycles. The third kappa shape index (κ3) is 14.2. The van der Waals surface area contributed by atoms with E-state index >= 15 is 0 Å². The monoisotopic (exact) mass is 630 g/mol. The summed E-state index contributed by atoms with van der Waals surface area (Å²) < 4.78 is 15.8. The second kappa shape index (κ2) is 20.1. The maximum Gasteiger partial charge on any atom is 0.311 e. The zero-order valence-electron chi connectivity index (χ0n) is 26.2. The molecule has 0 bridgehead atoms. The van der Waals surface area contributed by atoms with Gasteiger partial charge in [-0.25, -0.2) is 0 Å². The molecule has 2 N–H and O–H groups in total. The summed E-state index contributed by atoms with van der Waals surface area (Å²) in [6.07, 6.45) is 2.50. The quantitative estimate of drug-likeness (QED) is 0.108. The highest BCUT2D eigenvalue weighted by Gasteiger charge is 2.22. The molecule has 3 aromatic rings. The number of unbranched alkanes of at least 4 members (excludes halogenated alkanes) is 2. The molecular formula is C36H42N2O8. The third-order valence-corrected chi connectivity index (χ3v) is 6.90. The summed E-state index contributed by atoms with van der Waals surface area (Å²) in [4.78, 5) is 62.1. The average Bonchev–Trinajstić information content (AvgIpc) is 3.07. The SMILES string of the molecule is CCCCCNC(=O)[C@H](Cc1ccc(OC(=O)CCC(=O)OCc2ccccc2)cc1)NC(=O)CCC(=O)OCc1ccccc1. The summed E-state index contributed by atoms with van der Waals surface area (Å²) in [6, 6.07) is 24.2. The van der Waals surface area contributed by atoms with E-state index in [1.807, 2.05) is 60.7 Å². The molecule has 0 saturated carbocycles. The lowest BCUT2D eigenvalue weighted by Crippen LogP contribution is -2.48. The Kier molecular flexibility index (Phi) is 15.5. The minimum Gasteiger partial charge on any atom is -0.461 e. The van der Waals surface area contributed by atoms with Crippen molar-refractivity contribution in [1.29, 1.82) is 0 Å². The van der Waals surface area contributed by atoms with Gasteiger partial charge in [0.15, 0.2) is 0 Å². The van der Waals surface area contributed by atoms with E-state index in [0.717, 1.165) is 36.0 Å². The summed E-state index contributed by atoms with van der Waals surface area (Å²) >= 11 is 0. The molecule has 0 spiro atoms. The minimum atomic E-state index is -0.871. The first-order valence-corrected chi connectivity index (χ1v) is 15.6. The molecule has 2 amide bonds. The molecule has 10 nitrogen and oxygen atoms in total. The summed E-state index contributed by atoms with van der Waals surface area (Å²) in [5, 5.41) is 5.62. The average molecular weight is 631 g/mol. The van der Waals surface area contributed by atoms with E-state index in [9.17, 15) is 24.0 Å². The van der Waals surface area contributed by atoms with Gasteiger partial charge in [0, 0.05) is 19.4 Å². The van der Waals surface area contributed by atoms with E-state index in [2.05, 4.69) is 17.6 Å². The van der Waals surface area contributed by atoms with Crippen LogP contribution >= 0.6 is 0 Å². The van der Waals surface area contributed by atoms with Gasteiger partial charge in [0.2, 0.25) is 11.8 Å². The first-order chi connectivity index (χ1) is 22.3. The summed E-state index contributed by atoms with van der Waals surface area (Å²) in [5.41, 5.74) is 2.43. The number of nitrogens with one attached hydrogen (secondary N) is 2. The van der Waals surface area contributed by atoms with Crippen LogP contribution in [0.1, 0.15) is 68.6 Å². The molecule has 0 aliphatic rings. The number of hydrogen-bond acceptors (Lipinski definition) is 8. The number of esters is 3. The maximum atomic E-state index is 13.0. The fraction of sp³-hybridized carbons (Fsp3) is 0.361. The van der Waals surface area contributed by atoms with Crippen molar-refractivity contribution in [3.05, 3.63) is 102 Å². The molecule has 0 aliphatic heterocycles. The van der Waals surface area contributed by atoms with Crippen molar-refractivity contribution in [2.24, 2.45) is 0 Å². The molecule has 0 radical (unpaired) electrons. The lowest BCUT2D eigenvalue weighted by Gasteiger charge is -2.19. The topological polar surface area (TPSA) is 137 Å². The van der Waals surface area contributed by atoms with E-state index < -0.39 is 29.9 Å². The van der Waals surface area contributed by atoms with Crippen LogP contribution in [0.15, 0.2) is 84.9 Å². The second-order valence-electron chi connectivity index (χ2n) is 10.7. The van der Waals surface area contributed by atoms with Crippen LogP contribution in [-0.2, 0) is 53.1 Å². The minimum absolute atomic E-state index is 0.108. The number of carbonyl (C=O) groups is 5. The Hall–Kier alpha value is -4.99. The van der Waals surface area contributed by atoms with Crippen molar-refractivity contribution in [2.45, 2.75) is 77.5 Å². The summed E-state index contributed by atoms with van der Waals surface area (Å²) in [5.74, 6) is -2.08. The van der Waals surface area contributed by atoms with Gasteiger partial charge in [-0.05, 0) is 35.2 Å². The number of benzene rings is 3. The van der Waals surface area contributed by atoms with Gasteiger partial charge in [-0.3, -0.25) is 24.0 Å². The van der Waals surface area contributed by atoms with Crippen molar-refractivity contribution in [2.75, 3.05) is 6.54 Å². The van der Waals surface area contributed by atoms with Crippen LogP contribution in [0.5, 0.6) is 5.75 Å². The highest BCUT2D eigenvalue weighted by atomic mass is 16.5. The molecule has 3 rings (SSSR count). The number of hydrogen-bond donors (Lipinski definition) is 2. The highest BCUT2D eigenvalue weighted by molar-refractivity contribution is 5.89. The fourth-order valence-electron chi connectivity index (χ4n) is 4.34. The Bertz CT molecular complexity index is 1390. The lowest BCUT2D eigenvalue weighted by atomic mass is 10.0. The van der Waals surface area contributed by atoms with Crippen LogP contribution in [0.4, 0.5) is 0 Å². The molecule has 0 fully saturated rings. The smallest absolute Gasteiger partial charge is 0.311 e. The van der Waals surface area contributed by atoms with Gasteiger partial charge in [0.05, 0.1) is 19.3 Å². The molecule has 10 heteroatoms. The summed E-state index contributed by atoms with van der Waals surface area (Å²) in [7, 11) is 0. The Morgan fingerprint density at radius 1 is 0.630 bits per heavy atom. The fourth-order valence-corrected chi connectivity index (χ4v) is 4.34. The molecular weight excluding hydrogens is 588 g/mol.